The third kappa shape index (κ3) is 3.94. The summed E-state index contributed by atoms with van der Waals surface area (Å²) in [5.74, 6) is 1.80. The number of ether oxygens (including phenoxy) is 1. The molecule has 7 heteroatoms. The molecule has 1 aliphatic heterocycles. The van der Waals surface area contributed by atoms with E-state index in [2.05, 4.69) is 22.3 Å². The van der Waals surface area contributed by atoms with Crippen LogP contribution in [0.5, 0.6) is 0 Å². The Morgan fingerprint density at radius 3 is 2.74 bits per heavy atom. The lowest BCUT2D eigenvalue weighted by atomic mass is 9.61. The van der Waals surface area contributed by atoms with Crippen LogP contribution in [0, 0.1) is 23.2 Å². The zero-order valence-electron chi connectivity index (χ0n) is 18.8. The van der Waals surface area contributed by atoms with Crippen molar-refractivity contribution in [3.63, 3.8) is 0 Å². The van der Waals surface area contributed by atoms with Crippen molar-refractivity contribution in [3.05, 3.63) is 24.2 Å². The number of hydrogen-bond donors (Lipinski definition) is 1. The molecule has 0 amide bonds. The number of rotatable bonds is 5. The standard InChI is InChI=1S/C24H33N5O2/c1-15-16(2)24(14-31-22(15)30)9-6-18(7-10-24)27-23-25-11-8-20(28-23)19-13-26-29(3)21(19)12-17-4-5-17/h8,11,13,15-18H,4-7,9-10,12,14H2,1-3H3,(H,25,27,28)/t15-,16?,18?,24?/m0/s1. The minimum absolute atomic E-state index is 0.0115. The quantitative estimate of drug-likeness (QED) is 0.732. The lowest BCUT2D eigenvalue weighted by Crippen LogP contribution is -2.49. The number of esters is 1. The van der Waals surface area contributed by atoms with Crippen LogP contribution in [0.3, 0.4) is 0 Å². The Balaban J connectivity index is 1.26. The van der Waals surface area contributed by atoms with Crippen LogP contribution in [-0.2, 0) is 23.0 Å². The number of carbonyl (C=O) groups is 1. The van der Waals surface area contributed by atoms with E-state index in [1.807, 2.05) is 37.1 Å². The second-order valence-corrected chi connectivity index (χ2v) is 10.0. The van der Waals surface area contributed by atoms with Gasteiger partial charge in [0.15, 0.2) is 0 Å². The Morgan fingerprint density at radius 1 is 1.23 bits per heavy atom. The number of aromatic nitrogens is 4. The molecule has 0 aromatic carbocycles. The van der Waals surface area contributed by atoms with Crippen molar-refractivity contribution in [1.29, 1.82) is 0 Å². The monoisotopic (exact) mass is 423 g/mol. The van der Waals surface area contributed by atoms with Crippen LogP contribution < -0.4 is 5.32 Å². The Kier molecular flexibility index (Phi) is 5.22. The molecule has 166 valence electrons. The van der Waals surface area contributed by atoms with Crippen molar-refractivity contribution in [1.82, 2.24) is 19.7 Å². The van der Waals surface area contributed by atoms with Crippen LogP contribution in [0.1, 0.15) is 58.1 Å². The number of carbonyl (C=O) groups excluding carboxylic acids is 1. The van der Waals surface area contributed by atoms with Gasteiger partial charge in [-0.2, -0.15) is 5.10 Å². The van der Waals surface area contributed by atoms with Crippen LogP contribution in [0.15, 0.2) is 18.5 Å². The summed E-state index contributed by atoms with van der Waals surface area (Å²) in [6, 6.07) is 2.33. The molecule has 7 nitrogen and oxygen atoms in total. The van der Waals surface area contributed by atoms with E-state index in [9.17, 15) is 4.79 Å². The summed E-state index contributed by atoms with van der Waals surface area (Å²) in [4.78, 5) is 21.2. The Bertz CT molecular complexity index is 959. The predicted molar refractivity (Wildman–Crippen MR) is 118 cm³/mol. The molecule has 1 saturated heterocycles. The van der Waals surface area contributed by atoms with Crippen molar-refractivity contribution in [2.45, 2.75) is 64.8 Å². The minimum Gasteiger partial charge on any atom is -0.465 e. The van der Waals surface area contributed by atoms with Crippen molar-refractivity contribution in [2.75, 3.05) is 11.9 Å². The summed E-state index contributed by atoms with van der Waals surface area (Å²) in [6.45, 7) is 4.80. The first-order valence-corrected chi connectivity index (χ1v) is 11.7. The second kappa shape index (κ2) is 7.92. The van der Waals surface area contributed by atoms with E-state index in [0.717, 1.165) is 49.3 Å². The van der Waals surface area contributed by atoms with Crippen molar-refractivity contribution in [2.24, 2.45) is 30.2 Å². The number of aryl methyl sites for hydroxylation is 1. The van der Waals surface area contributed by atoms with E-state index < -0.39 is 0 Å². The Morgan fingerprint density at radius 2 is 2.00 bits per heavy atom. The summed E-state index contributed by atoms with van der Waals surface area (Å²) in [5, 5.41) is 8.06. The van der Waals surface area contributed by atoms with Gasteiger partial charge in [0.25, 0.3) is 0 Å². The molecule has 0 bridgehead atoms. The van der Waals surface area contributed by atoms with Gasteiger partial charge in [-0.15, -0.1) is 0 Å². The van der Waals surface area contributed by atoms with Crippen LogP contribution in [-0.4, -0.2) is 38.4 Å². The predicted octanol–water partition coefficient (Wildman–Crippen LogP) is 4.00. The summed E-state index contributed by atoms with van der Waals surface area (Å²) in [7, 11) is 2.02. The molecular formula is C24H33N5O2. The van der Waals surface area contributed by atoms with Crippen LogP contribution in [0.25, 0.3) is 11.3 Å². The number of nitrogens with zero attached hydrogens (tertiary/aromatic N) is 4. The number of hydrogen-bond acceptors (Lipinski definition) is 6. The van der Waals surface area contributed by atoms with Crippen molar-refractivity contribution < 1.29 is 9.53 Å². The lowest BCUT2D eigenvalue weighted by molar-refractivity contribution is -0.171. The maximum atomic E-state index is 11.9. The molecule has 2 atom stereocenters. The number of anilines is 1. The fraction of sp³-hybridized carbons (Fsp3) is 0.667. The highest BCUT2D eigenvalue weighted by atomic mass is 16.5. The number of nitrogens with one attached hydrogen (secondary N) is 1. The van der Waals surface area contributed by atoms with Gasteiger partial charge in [-0.1, -0.05) is 13.8 Å². The van der Waals surface area contributed by atoms with Crippen molar-refractivity contribution >= 4 is 11.9 Å². The fourth-order valence-corrected chi connectivity index (χ4v) is 5.42. The molecule has 1 N–H and O–H groups in total. The molecule has 2 aromatic rings. The van der Waals surface area contributed by atoms with Gasteiger partial charge in [0.1, 0.15) is 0 Å². The third-order valence-electron chi connectivity index (χ3n) is 8.08. The fourth-order valence-electron chi connectivity index (χ4n) is 5.42. The average molecular weight is 424 g/mol. The van der Waals surface area contributed by atoms with Crippen LogP contribution in [0.2, 0.25) is 0 Å². The van der Waals surface area contributed by atoms with Gasteiger partial charge in [0.2, 0.25) is 5.95 Å². The highest BCUT2D eigenvalue weighted by Crippen LogP contribution is 2.48. The topological polar surface area (TPSA) is 81.9 Å². The molecule has 0 radical (unpaired) electrons. The van der Waals surface area contributed by atoms with E-state index in [0.29, 0.717) is 24.5 Å². The van der Waals surface area contributed by atoms with Gasteiger partial charge < -0.3 is 10.1 Å². The number of cyclic esters (lactones) is 1. The van der Waals surface area contributed by atoms with Gasteiger partial charge in [0, 0.05) is 36.0 Å². The van der Waals surface area contributed by atoms with Gasteiger partial charge in [0.05, 0.1) is 24.4 Å². The zero-order chi connectivity index (χ0) is 21.6. The molecular weight excluding hydrogens is 390 g/mol. The summed E-state index contributed by atoms with van der Waals surface area (Å²) in [6.07, 6.45) is 11.7. The van der Waals surface area contributed by atoms with E-state index in [-0.39, 0.29) is 17.3 Å². The Labute approximate surface area is 184 Å². The average Bonchev–Trinajstić information content (AvgIpc) is 3.53. The SMILES string of the molecule is CC1[C@H](C)C(=O)OCC12CCC(Nc1nccc(-c3cnn(C)c3CC3CC3)n1)CC2. The third-order valence-corrected chi connectivity index (χ3v) is 8.08. The Hall–Kier alpha value is -2.44. The van der Waals surface area contributed by atoms with Crippen molar-refractivity contribution in [3.8, 4) is 11.3 Å². The molecule has 3 aliphatic rings. The first kappa shape index (κ1) is 20.5. The van der Waals surface area contributed by atoms with E-state index >= 15 is 0 Å². The largest absolute Gasteiger partial charge is 0.465 e. The molecule has 1 unspecified atom stereocenters. The highest BCUT2D eigenvalue weighted by Gasteiger charge is 2.48. The molecule has 31 heavy (non-hydrogen) atoms. The summed E-state index contributed by atoms with van der Waals surface area (Å²) < 4.78 is 7.51. The first-order chi connectivity index (χ1) is 14.9. The molecule has 3 heterocycles. The smallest absolute Gasteiger partial charge is 0.308 e. The van der Waals surface area contributed by atoms with Gasteiger partial charge in [-0.3, -0.25) is 9.48 Å². The second-order valence-electron chi connectivity index (χ2n) is 10.0. The molecule has 2 aromatic heterocycles. The van der Waals surface area contributed by atoms with Gasteiger partial charge in [-0.25, -0.2) is 9.97 Å². The summed E-state index contributed by atoms with van der Waals surface area (Å²) >= 11 is 0. The first-order valence-electron chi connectivity index (χ1n) is 11.7. The zero-order valence-corrected chi connectivity index (χ0v) is 18.8. The lowest BCUT2D eigenvalue weighted by Gasteiger charge is -2.48. The van der Waals surface area contributed by atoms with E-state index in [4.69, 9.17) is 9.72 Å². The van der Waals surface area contributed by atoms with Crippen LogP contribution in [0.4, 0.5) is 5.95 Å². The normalized spacial score (nSPS) is 30.9. The summed E-state index contributed by atoms with van der Waals surface area (Å²) in [5.41, 5.74) is 3.45. The van der Waals surface area contributed by atoms with Crippen LogP contribution >= 0.6 is 0 Å². The molecule has 5 rings (SSSR count). The minimum atomic E-state index is -0.0416. The maximum Gasteiger partial charge on any atom is 0.308 e. The molecule has 1 spiro atoms. The van der Waals surface area contributed by atoms with E-state index in [1.165, 1.54) is 18.5 Å². The highest BCUT2D eigenvalue weighted by molar-refractivity contribution is 5.73. The van der Waals surface area contributed by atoms with Gasteiger partial charge >= 0.3 is 5.97 Å². The maximum absolute atomic E-state index is 11.9. The molecule has 2 saturated carbocycles. The van der Waals surface area contributed by atoms with Gasteiger partial charge in [-0.05, 0) is 62.8 Å². The van der Waals surface area contributed by atoms with E-state index in [1.54, 1.807) is 0 Å². The molecule has 3 fully saturated rings. The molecule has 2 aliphatic carbocycles.